The molecule has 0 aliphatic rings. The molecule has 24 heavy (non-hydrogen) atoms. The minimum Gasteiger partial charge on any atom is -0.504 e. The van der Waals surface area contributed by atoms with E-state index in [1.165, 1.54) is 31.6 Å². The van der Waals surface area contributed by atoms with Gasteiger partial charge < -0.3 is 9.30 Å². The Morgan fingerprint density at radius 3 is 2.33 bits per heavy atom. The van der Waals surface area contributed by atoms with Gasteiger partial charge in [-0.05, 0) is 49.6 Å². The van der Waals surface area contributed by atoms with E-state index in [0.717, 1.165) is 12.0 Å². The highest BCUT2D eigenvalue weighted by atomic mass is 19.1. The fourth-order valence-corrected chi connectivity index (χ4v) is 2.62. The van der Waals surface area contributed by atoms with Crippen LogP contribution in [0.3, 0.4) is 0 Å². The zero-order chi connectivity index (χ0) is 17.9. The predicted octanol–water partition coefficient (Wildman–Crippen LogP) is 4.44. The first kappa shape index (κ1) is 17.9. The topological polar surface area (TPSA) is 31.2 Å². The molecule has 0 aliphatic carbocycles. The van der Waals surface area contributed by atoms with Crippen LogP contribution in [0.5, 0.6) is 0 Å². The Kier molecular flexibility index (Phi) is 5.54. The molecule has 1 heterocycles. The van der Waals surface area contributed by atoms with E-state index in [1.54, 1.807) is 24.6 Å². The van der Waals surface area contributed by atoms with Gasteiger partial charge in [0.05, 0.1) is 13.4 Å². The maximum absolute atomic E-state index is 14.3. The summed E-state index contributed by atoms with van der Waals surface area (Å²) < 4.78 is 34.8. The molecule has 0 atom stereocenters. The molecule has 0 saturated heterocycles. The van der Waals surface area contributed by atoms with Crippen LogP contribution >= 0.6 is 0 Å². The van der Waals surface area contributed by atoms with Crippen molar-refractivity contribution in [3.8, 4) is 11.1 Å². The molecule has 0 bridgehead atoms. The smallest absolute Gasteiger partial charge is 0.253 e. The summed E-state index contributed by atoms with van der Waals surface area (Å²) in [7, 11) is 1.41. The van der Waals surface area contributed by atoms with Crippen LogP contribution in [0.25, 0.3) is 17.2 Å². The quantitative estimate of drug-likeness (QED) is 0.758. The molecule has 0 saturated carbocycles. The fraction of sp³-hybridized carbons (Fsp3) is 0.316. The molecule has 0 fully saturated rings. The number of aromatic nitrogens is 1. The second-order valence-corrected chi connectivity index (χ2v) is 5.68. The number of ether oxygens (including phenoxy) is 1. The Labute approximate surface area is 140 Å². The maximum Gasteiger partial charge on any atom is 0.253 e. The van der Waals surface area contributed by atoms with E-state index < -0.39 is 11.6 Å². The van der Waals surface area contributed by atoms with E-state index in [2.05, 4.69) is 0 Å². The molecule has 2 aromatic rings. The highest BCUT2D eigenvalue weighted by Gasteiger charge is 2.15. The number of nitrogens with zero attached hydrogens (tertiary/aromatic N) is 1. The zero-order valence-electron chi connectivity index (χ0n) is 14.3. The minimum absolute atomic E-state index is 0.0707. The largest absolute Gasteiger partial charge is 0.504 e. The van der Waals surface area contributed by atoms with Gasteiger partial charge in [-0.25, -0.2) is 8.78 Å². The summed E-state index contributed by atoms with van der Waals surface area (Å²) >= 11 is 0. The zero-order valence-corrected chi connectivity index (χ0v) is 14.3. The second-order valence-electron chi connectivity index (χ2n) is 5.68. The standard InChI is InChI=1S/C19H21F2NO2/c1-5-7-22-11-16(12(2)13(3)19(22)23)14-9-17(20)15(6-8-24-4)18(21)10-14/h6,8-11H,5,7H2,1-4H3/b8-6-. The van der Waals surface area contributed by atoms with Gasteiger partial charge in [0.25, 0.3) is 5.56 Å². The lowest BCUT2D eigenvalue weighted by Crippen LogP contribution is -2.23. The van der Waals surface area contributed by atoms with Gasteiger partial charge in [-0.1, -0.05) is 6.92 Å². The first-order valence-corrected chi connectivity index (χ1v) is 7.80. The van der Waals surface area contributed by atoms with Crippen LogP contribution in [0.1, 0.15) is 30.0 Å². The first-order valence-electron chi connectivity index (χ1n) is 7.80. The summed E-state index contributed by atoms with van der Waals surface area (Å²) in [4.78, 5) is 12.3. The van der Waals surface area contributed by atoms with Crippen molar-refractivity contribution in [1.82, 2.24) is 4.57 Å². The average molecular weight is 333 g/mol. The second kappa shape index (κ2) is 7.43. The van der Waals surface area contributed by atoms with Crippen molar-refractivity contribution < 1.29 is 13.5 Å². The molecule has 3 nitrogen and oxygen atoms in total. The van der Waals surface area contributed by atoms with Gasteiger partial charge in [-0.15, -0.1) is 0 Å². The number of benzene rings is 1. The van der Waals surface area contributed by atoms with E-state index in [-0.39, 0.29) is 11.1 Å². The summed E-state index contributed by atoms with van der Waals surface area (Å²) in [6, 6.07) is 2.56. The molecule has 0 N–H and O–H groups in total. The molecular weight excluding hydrogens is 312 g/mol. The first-order chi connectivity index (χ1) is 11.4. The average Bonchev–Trinajstić information content (AvgIpc) is 2.54. The summed E-state index contributed by atoms with van der Waals surface area (Å²) in [6.45, 7) is 6.05. The van der Waals surface area contributed by atoms with Gasteiger partial charge in [0.15, 0.2) is 0 Å². The third kappa shape index (κ3) is 3.40. The Morgan fingerprint density at radius 2 is 1.79 bits per heavy atom. The van der Waals surface area contributed by atoms with Crippen molar-refractivity contribution in [3.05, 3.63) is 63.3 Å². The van der Waals surface area contributed by atoms with Gasteiger partial charge in [0, 0.05) is 29.4 Å². The predicted molar refractivity (Wildman–Crippen MR) is 91.9 cm³/mol. The number of pyridine rings is 1. The van der Waals surface area contributed by atoms with E-state index in [1.807, 2.05) is 6.92 Å². The van der Waals surface area contributed by atoms with Crippen LogP contribution in [0, 0.1) is 25.5 Å². The number of aryl methyl sites for hydroxylation is 1. The number of hydrogen-bond acceptors (Lipinski definition) is 2. The third-order valence-electron chi connectivity index (χ3n) is 4.06. The molecule has 5 heteroatoms. The van der Waals surface area contributed by atoms with Crippen molar-refractivity contribution in [2.45, 2.75) is 33.7 Å². The summed E-state index contributed by atoms with van der Waals surface area (Å²) in [5.74, 6) is -1.35. The van der Waals surface area contributed by atoms with Crippen LogP contribution in [-0.4, -0.2) is 11.7 Å². The van der Waals surface area contributed by atoms with Gasteiger partial charge in [-0.2, -0.15) is 0 Å². The maximum atomic E-state index is 14.3. The van der Waals surface area contributed by atoms with E-state index in [4.69, 9.17) is 4.74 Å². The van der Waals surface area contributed by atoms with Crippen molar-refractivity contribution in [2.75, 3.05) is 7.11 Å². The normalized spacial score (nSPS) is 11.2. The molecule has 0 radical (unpaired) electrons. The Balaban J connectivity index is 2.64. The molecule has 1 aromatic carbocycles. The summed E-state index contributed by atoms with van der Waals surface area (Å²) in [6.07, 6.45) is 4.93. The van der Waals surface area contributed by atoms with Crippen molar-refractivity contribution >= 4 is 6.08 Å². The monoisotopic (exact) mass is 333 g/mol. The third-order valence-corrected chi connectivity index (χ3v) is 4.06. The number of rotatable bonds is 5. The van der Waals surface area contributed by atoms with Crippen molar-refractivity contribution in [1.29, 1.82) is 0 Å². The van der Waals surface area contributed by atoms with Crippen LogP contribution in [0.2, 0.25) is 0 Å². The lowest BCUT2D eigenvalue weighted by Gasteiger charge is -2.14. The van der Waals surface area contributed by atoms with Crippen LogP contribution in [0.4, 0.5) is 8.78 Å². The van der Waals surface area contributed by atoms with Crippen LogP contribution in [-0.2, 0) is 11.3 Å². The summed E-state index contributed by atoms with van der Waals surface area (Å²) in [5.41, 5.74) is 2.15. The molecule has 0 amide bonds. The fourth-order valence-electron chi connectivity index (χ4n) is 2.62. The highest BCUT2D eigenvalue weighted by molar-refractivity contribution is 5.69. The molecule has 1 aromatic heterocycles. The SMILES string of the molecule is CCCn1cc(-c2cc(F)c(/C=C\OC)c(F)c2)c(C)c(C)c1=O. The van der Waals surface area contributed by atoms with Crippen molar-refractivity contribution in [3.63, 3.8) is 0 Å². The van der Waals surface area contributed by atoms with E-state index in [9.17, 15) is 13.6 Å². The number of halogens is 2. The van der Waals surface area contributed by atoms with Gasteiger partial charge in [0.2, 0.25) is 0 Å². The Hall–Kier alpha value is -2.43. The van der Waals surface area contributed by atoms with Gasteiger partial charge in [0.1, 0.15) is 11.6 Å². The van der Waals surface area contributed by atoms with Gasteiger partial charge in [-0.3, -0.25) is 4.79 Å². The van der Waals surface area contributed by atoms with Crippen LogP contribution < -0.4 is 5.56 Å². The van der Waals surface area contributed by atoms with Crippen LogP contribution in [0.15, 0.2) is 29.4 Å². The number of hydrogen-bond donors (Lipinski definition) is 0. The lowest BCUT2D eigenvalue weighted by molar-refractivity contribution is 0.341. The molecule has 2 rings (SSSR count). The van der Waals surface area contributed by atoms with E-state index >= 15 is 0 Å². The van der Waals surface area contributed by atoms with Crippen molar-refractivity contribution in [2.24, 2.45) is 0 Å². The van der Waals surface area contributed by atoms with E-state index in [0.29, 0.717) is 23.2 Å². The number of methoxy groups -OCH3 is 1. The van der Waals surface area contributed by atoms with Gasteiger partial charge >= 0.3 is 0 Å². The highest BCUT2D eigenvalue weighted by Crippen LogP contribution is 2.28. The molecule has 128 valence electrons. The molecule has 0 aliphatic heterocycles. The Bertz CT molecular complexity index is 815. The minimum atomic E-state index is -0.677. The Morgan fingerprint density at radius 1 is 1.17 bits per heavy atom. The molecular formula is C19H21F2NO2. The molecule has 0 unspecified atom stereocenters. The lowest BCUT2D eigenvalue weighted by atomic mass is 9.98. The summed E-state index contributed by atoms with van der Waals surface area (Å²) in [5, 5.41) is 0. The molecule has 0 spiro atoms.